The number of thioether (sulfide) groups is 1. The molecular formula is C11H10N2O3S. The zero-order valence-corrected chi connectivity index (χ0v) is 9.90. The van der Waals surface area contributed by atoms with Gasteiger partial charge in [-0.05, 0) is 18.4 Å². The maximum Gasteiger partial charge on any atom is 0.335 e. The van der Waals surface area contributed by atoms with Gasteiger partial charge >= 0.3 is 5.97 Å². The Bertz CT molecular complexity index is 522. The van der Waals surface area contributed by atoms with Crippen LogP contribution in [0.1, 0.15) is 16.2 Å². The van der Waals surface area contributed by atoms with Crippen molar-refractivity contribution in [1.29, 1.82) is 0 Å². The maximum absolute atomic E-state index is 10.7. The van der Waals surface area contributed by atoms with E-state index in [0.29, 0.717) is 17.5 Å². The quantitative estimate of drug-likeness (QED) is 0.897. The van der Waals surface area contributed by atoms with E-state index in [4.69, 9.17) is 9.63 Å². The molecule has 0 bridgehead atoms. The van der Waals surface area contributed by atoms with Crippen LogP contribution in [0, 0.1) is 0 Å². The van der Waals surface area contributed by atoms with E-state index in [2.05, 4.69) is 10.1 Å². The second kappa shape index (κ2) is 5.01. The number of carboxylic acids is 1. The van der Waals surface area contributed by atoms with Crippen LogP contribution in [-0.4, -0.2) is 27.5 Å². The average molecular weight is 250 g/mol. The molecule has 88 valence electrons. The molecule has 0 saturated carbocycles. The normalized spacial score (nSPS) is 10.4. The van der Waals surface area contributed by atoms with Crippen molar-refractivity contribution in [2.24, 2.45) is 0 Å². The van der Waals surface area contributed by atoms with Gasteiger partial charge in [-0.15, -0.1) is 0 Å². The fourth-order valence-electron chi connectivity index (χ4n) is 1.32. The van der Waals surface area contributed by atoms with Crippen molar-refractivity contribution in [1.82, 2.24) is 10.1 Å². The predicted octanol–water partition coefficient (Wildman–Crippen LogP) is 2.30. The van der Waals surface area contributed by atoms with Gasteiger partial charge in [0, 0.05) is 5.56 Å². The molecule has 0 aliphatic carbocycles. The van der Waals surface area contributed by atoms with Gasteiger partial charge in [0.1, 0.15) is 0 Å². The van der Waals surface area contributed by atoms with E-state index in [9.17, 15) is 4.79 Å². The number of aromatic nitrogens is 2. The highest BCUT2D eigenvalue weighted by Gasteiger charge is 2.09. The Morgan fingerprint density at radius 2 is 2.12 bits per heavy atom. The molecule has 0 spiro atoms. The maximum atomic E-state index is 10.7. The first-order valence-electron chi connectivity index (χ1n) is 4.86. The van der Waals surface area contributed by atoms with Crippen LogP contribution in [-0.2, 0) is 5.75 Å². The molecule has 1 N–H and O–H groups in total. The van der Waals surface area contributed by atoms with Gasteiger partial charge in [0.15, 0.2) is 0 Å². The molecule has 0 saturated heterocycles. The number of carbonyl (C=O) groups is 1. The number of hydrogen-bond donors (Lipinski definition) is 1. The van der Waals surface area contributed by atoms with Gasteiger partial charge in [-0.3, -0.25) is 0 Å². The van der Waals surface area contributed by atoms with Gasteiger partial charge in [-0.25, -0.2) is 4.79 Å². The molecule has 2 aromatic rings. The van der Waals surface area contributed by atoms with E-state index in [1.54, 1.807) is 23.9 Å². The van der Waals surface area contributed by atoms with E-state index < -0.39 is 5.97 Å². The molecule has 0 atom stereocenters. The molecule has 1 aromatic heterocycles. The molecule has 0 fully saturated rings. The lowest BCUT2D eigenvalue weighted by Gasteiger charge is -1.95. The summed E-state index contributed by atoms with van der Waals surface area (Å²) in [5.74, 6) is 0.758. The number of nitrogens with zero attached hydrogens (tertiary/aromatic N) is 2. The number of hydrogen-bond acceptors (Lipinski definition) is 5. The van der Waals surface area contributed by atoms with Gasteiger partial charge < -0.3 is 9.63 Å². The molecule has 0 unspecified atom stereocenters. The standard InChI is InChI=1S/C11H10N2O3S/c1-17-6-9-12-10(13-16-9)7-2-4-8(5-3-7)11(14)15/h2-5H,6H2,1H3,(H,14,15). The highest BCUT2D eigenvalue weighted by atomic mass is 32.2. The smallest absolute Gasteiger partial charge is 0.335 e. The third-order valence-corrected chi connectivity index (χ3v) is 2.66. The Kier molecular flexibility index (Phi) is 3.43. The molecule has 5 nitrogen and oxygen atoms in total. The van der Waals surface area contributed by atoms with Crippen LogP contribution in [0.4, 0.5) is 0 Å². The summed E-state index contributed by atoms with van der Waals surface area (Å²) in [6.45, 7) is 0. The first kappa shape index (κ1) is 11.7. The molecule has 2 rings (SSSR count). The minimum Gasteiger partial charge on any atom is -0.478 e. The second-order valence-electron chi connectivity index (χ2n) is 3.33. The SMILES string of the molecule is CSCc1nc(-c2ccc(C(=O)O)cc2)no1. The Morgan fingerprint density at radius 1 is 1.41 bits per heavy atom. The van der Waals surface area contributed by atoms with Crippen molar-refractivity contribution >= 4 is 17.7 Å². The van der Waals surface area contributed by atoms with Crippen molar-refractivity contribution in [2.75, 3.05) is 6.26 Å². The van der Waals surface area contributed by atoms with Crippen molar-refractivity contribution in [2.45, 2.75) is 5.75 Å². The molecule has 0 aliphatic rings. The first-order valence-corrected chi connectivity index (χ1v) is 6.25. The minimum atomic E-state index is -0.951. The van der Waals surface area contributed by atoms with Crippen LogP contribution in [0.5, 0.6) is 0 Å². The van der Waals surface area contributed by atoms with Crippen molar-refractivity contribution in [3.8, 4) is 11.4 Å². The van der Waals surface area contributed by atoms with Gasteiger partial charge in [0.05, 0.1) is 11.3 Å². The molecule has 17 heavy (non-hydrogen) atoms. The lowest BCUT2D eigenvalue weighted by Crippen LogP contribution is -1.95. The second-order valence-corrected chi connectivity index (χ2v) is 4.19. The van der Waals surface area contributed by atoms with E-state index in [0.717, 1.165) is 5.56 Å². The molecule has 1 heterocycles. The van der Waals surface area contributed by atoms with E-state index in [1.165, 1.54) is 12.1 Å². The van der Waals surface area contributed by atoms with E-state index >= 15 is 0 Å². The lowest BCUT2D eigenvalue weighted by atomic mass is 10.1. The third-order valence-electron chi connectivity index (χ3n) is 2.13. The average Bonchev–Trinajstić information content (AvgIpc) is 2.78. The molecule has 6 heteroatoms. The number of carboxylic acid groups (broad SMARTS) is 1. The topological polar surface area (TPSA) is 76.2 Å². The van der Waals surface area contributed by atoms with Gasteiger partial charge in [-0.1, -0.05) is 17.3 Å². The van der Waals surface area contributed by atoms with Gasteiger partial charge in [0.25, 0.3) is 0 Å². The van der Waals surface area contributed by atoms with Crippen LogP contribution in [0.15, 0.2) is 28.8 Å². The van der Waals surface area contributed by atoms with Crippen LogP contribution in [0.2, 0.25) is 0 Å². The Morgan fingerprint density at radius 3 is 2.71 bits per heavy atom. The van der Waals surface area contributed by atoms with E-state index in [1.807, 2.05) is 6.26 Å². The first-order chi connectivity index (χ1) is 8.20. The Balaban J connectivity index is 2.23. The summed E-state index contributed by atoms with van der Waals surface area (Å²) >= 11 is 1.60. The summed E-state index contributed by atoms with van der Waals surface area (Å²) in [6.07, 6.45) is 1.95. The molecule has 1 aromatic carbocycles. The highest BCUT2D eigenvalue weighted by Crippen LogP contribution is 2.17. The Labute approximate surface area is 102 Å². The minimum absolute atomic E-state index is 0.238. The monoisotopic (exact) mass is 250 g/mol. The fraction of sp³-hybridized carbons (Fsp3) is 0.182. The van der Waals surface area contributed by atoms with Crippen LogP contribution in [0.25, 0.3) is 11.4 Å². The van der Waals surface area contributed by atoms with Crippen molar-refractivity contribution in [3.05, 3.63) is 35.7 Å². The lowest BCUT2D eigenvalue weighted by molar-refractivity contribution is 0.0697. The fourth-order valence-corrected chi connectivity index (χ4v) is 1.68. The predicted molar refractivity (Wildman–Crippen MR) is 63.9 cm³/mol. The third kappa shape index (κ3) is 2.65. The summed E-state index contributed by atoms with van der Waals surface area (Å²) in [5, 5.41) is 12.6. The molecular weight excluding hydrogens is 240 g/mol. The molecule has 0 amide bonds. The van der Waals surface area contributed by atoms with E-state index in [-0.39, 0.29) is 5.56 Å². The molecule has 0 aliphatic heterocycles. The van der Waals surface area contributed by atoms with Crippen molar-refractivity contribution < 1.29 is 14.4 Å². The zero-order valence-electron chi connectivity index (χ0n) is 9.08. The summed E-state index contributed by atoms with van der Waals surface area (Å²) in [5.41, 5.74) is 0.979. The zero-order chi connectivity index (χ0) is 12.3. The Hall–Kier alpha value is -1.82. The summed E-state index contributed by atoms with van der Waals surface area (Å²) in [4.78, 5) is 14.9. The summed E-state index contributed by atoms with van der Waals surface area (Å²) in [7, 11) is 0. The summed E-state index contributed by atoms with van der Waals surface area (Å²) < 4.78 is 5.04. The van der Waals surface area contributed by atoms with Crippen LogP contribution >= 0.6 is 11.8 Å². The summed E-state index contributed by atoms with van der Waals surface area (Å²) in [6, 6.07) is 6.36. The number of benzene rings is 1. The van der Waals surface area contributed by atoms with Gasteiger partial charge in [0.2, 0.25) is 11.7 Å². The number of aromatic carboxylic acids is 1. The van der Waals surface area contributed by atoms with Crippen LogP contribution in [0.3, 0.4) is 0 Å². The molecule has 0 radical (unpaired) electrons. The van der Waals surface area contributed by atoms with Crippen LogP contribution < -0.4 is 0 Å². The van der Waals surface area contributed by atoms with Gasteiger partial charge in [-0.2, -0.15) is 16.7 Å². The number of rotatable bonds is 4. The van der Waals surface area contributed by atoms with Crippen molar-refractivity contribution in [3.63, 3.8) is 0 Å². The highest BCUT2D eigenvalue weighted by molar-refractivity contribution is 7.97. The largest absolute Gasteiger partial charge is 0.478 e.